The predicted molar refractivity (Wildman–Crippen MR) is 153 cm³/mol. The van der Waals surface area contributed by atoms with Gasteiger partial charge in [0, 0.05) is 24.8 Å². The van der Waals surface area contributed by atoms with Gasteiger partial charge in [0.15, 0.2) is 6.61 Å². The van der Waals surface area contributed by atoms with Crippen LogP contribution in [0.4, 0.5) is 30.8 Å². The van der Waals surface area contributed by atoms with Crippen LogP contribution in [0.25, 0.3) is 0 Å². The van der Waals surface area contributed by atoms with Gasteiger partial charge in [-0.1, -0.05) is 12.1 Å². The molecule has 3 aliphatic heterocycles. The number of hydrogen-bond donors (Lipinski definition) is 4. The molecule has 2 amide bonds. The maximum atomic E-state index is 13.1. The van der Waals surface area contributed by atoms with Crippen LogP contribution in [-0.4, -0.2) is 65.3 Å². The maximum absolute atomic E-state index is 13.1. The van der Waals surface area contributed by atoms with Crippen LogP contribution in [0.5, 0.6) is 17.5 Å². The standard InChI is InChI=1S/C29H32F3N7O5/c30-29(31,32)17-44-28-38-26-34-16-18-5-8-20(9-6-18)42-13-3-1-2-4-14-43-23-15-19(35-27(37-26)39-28)7-10-21(23)24(40)36-22-11-12-33-25(22)41/h5-10,15,22H,1-4,11-14,16-17H2,(H,33,41)(H,36,40)(H2,34,35,37,38,39). The lowest BCUT2D eigenvalue weighted by molar-refractivity contribution is -0.154. The summed E-state index contributed by atoms with van der Waals surface area (Å²) >= 11 is 0. The number of carbonyl (C=O) groups excluding carboxylic acids is 2. The molecule has 234 valence electrons. The second-order valence-electron chi connectivity index (χ2n) is 10.2. The van der Waals surface area contributed by atoms with Gasteiger partial charge in [-0.3, -0.25) is 9.59 Å². The number of aromatic nitrogens is 3. The minimum atomic E-state index is -4.60. The summed E-state index contributed by atoms with van der Waals surface area (Å²) in [4.78, 5) is 37.4. The molecular weight excluding hydrogens is 583 g/mol. The van der Waals surface area contributed by atoms with Crippen molar-refractivity contribution in [3.05, 3.63) is 53.6 Å². The van der Waals surface area contributed by atoms with Crippen LogP contribution in [0.1, 0.15) is 48.0 Å². The molecule has 44 heavy (non-hydrogen) atoms. The zero-order valence-corrected chi connectivity index (χ0v) is 23.7. The third-order valence-electron chi connectivity index (χ3n) is 6.76. The van der Waals surface area contributed by atoms with Crippen molar-refractivity contribution in [1.29, 1.82) is 0 Å². The Morgan fingerprint density at radius 2 is 1.70 bits per heavy atom. The van der Waals surface area contributed by atoms with Gasteiger partial charge in [-0.15, -0.1) is 0 Å². The van der Waals surface area contributed by atoms with Crippen molar-refractivity contribution in [3.63, 3.8) is 0 Å². The highest BCUT2D eigenvalue weighted by Gasteiger charge is 2.29. The molecule has 1 aromatic heterocycles. The lowest BCUT2D eigenvalue weighted by Gasteiger charge is -2.16. The molecule has 0 spiro atoms. The van der Waals surface area contributed by atoms with Crippen molar-refractivity contribution in [2.45, 2.75) is 50.9 Å². The quantitative estimate of drug-likeness (QED) is 0.338. The van der Waals surface area contributed by atoms with Crippen LogP contribution >= 0.6 is 0 Å². The molecule has 3 aliphatic rings. The average Bonchev–Trinajstić information content (AvgIpc) is 3.40. The van der Waals surface area contributed by atoms with Gasteiger partial charge in [0.1, 0.15) is 17.5 Å². The lowest BCUT2D eigenvalue weighted by atomic mass is 10.1. The summed E-state index contributed by atoms with van der Waals surface area (Å²) in [7, 11) is 0. The van der Waals surface area contributed by atoms with Gasteiger partial charge in [0.05, 0.1) is 18.8 Å². The first-order valence-corrected chi connectivity index (χ1v) is 14.3. The summed E-state index contributed by atoms with van der Waals surface area (Å²) in [6.07, 6.45) is -0.733. The summed E-state index contributed by atoms with van der Waals surface area (Å²) in [6, 6.07) is 10.9. The van der Waals surface area contributed by atoms with E-state index >= 15 is 0 Å². The van der Waals surface area contributed by atoms with E-state index in [1.165, 1.54) is 6.07 Å². The Labute approximate surface area is 251 Å². The second-order valence-corrected chi connectivity index (χ2v) is 10.2. The van der Waals surface area contributed by atoms with E-state index in [-0.39, 0.29) is 35.7 Å². The van der Waals surface area contributed by atoms with Crippen LogP contribution in [0, 0.1) is 0 Å². The number of amides is 2. The first-order valence-electron chi connectivity index (χ1n) is 14.3. The molecule has 1 unspecified atom stereocenters. The molecule has 4 heterocycles. The highest BCUT2D eigenvalue weighted by atomic mass is 19.4. The Hall–Kier alpha value is -4.82. The largest absolute Gasteiger partial charge is 0.494 e. The SMILES string of the molecule is O=C(NC1CCNC1=O)c1ccc2cc1OCCCCCCOc1ccc(cc1)CNc1nc(nc(OCC(F)(F)F)n1)N2. The number of ether oxygens (including phenoxy) is 3. The van der Waals surface area contributed by atoms with Crippen molar-refractivity contribution < 1.29 is 37.0 Å². The highest BCUT2D eigenvalue weighted by molar-refractivity contribution is 6.00. The number of hydrogen-bond acceptors (Lipinski definition) is 10. The summed E-state index contributed by atoms with van der Waals surface area (Å²) in [5.74, 6) is 0.128. The van der Waals surface area contributed by atoms with Crippen molar-refractivity contribution in [1.82, 2.24) is 25.6 Å². The fraction of sp³-hybridized carbons (Fsp3) is 0.414. The summed E-state index contributed by atoms with van der Waals surface area (Å²) < 4.78 is 55.2. The number of halogens is 3. The highest BCUT2D eigenvalue weighted by Crippen LogP contribution is 2.27. The van der Waals surface area contributed by atoms with Crippen molar-refractivity contribution >= 4 is 29.4 Å². The monoisotopic (exact) mass is 615 g/mol. The van der Waals surface area contributed by atoms with Crippen LogP contribution in [0.15, 0.2) is 42.5 Å². The van der Waals surface area contributed by atoms with E-state index in [0.717, 1.165) is 37.0 Å². The zero-order chi connectivity index (χ0) is 30.9. The number of nitrogens with zero attached hydrogens (tertiary/aromatic N) is 3. The molecule has 0 saturated carbocycles. The van der Waals surface area contributed by atoms with E-state index in [1.54, 1.807) is 12.1 Å². The number of benzene rings is 2. The van der Waals surface area contributed by atoms with E-state index in [0.29, 0.717) is 31.9 Å². The summed E-state index contributed by atoms with van der Waals surface area (Å²) in [5, 5.41) is 11.3. The van der Waals surface area contributed by atoms with Gasteiger partial charge < -0.3 is 35.5 Å². The smallest absolute Gasteiger partial charge is 0.422 e. The van der Waals surface area contributed by atoms with Gasteiger partial charge in [-0.2, -0.15) is 28.1 Å². The molecule has 2 aromatic carbocycles. The van der Waals surface area contributed by atoms with E-state index in [9.17, 15) is 22.8 Å². The molecular formula is C29H32F3N7O5. The first kappa shape index (κ1) is 30.6. The van der Waals surface area contributed by atoms with Gasteiger partial charge in [0.25, 0.3) is 5.91 Å². The Morgan fingerprint density at radius 1 is 0.955 bits per heavy atom. The van der Waals surface area contributed by atoms with E-state index < -0.39 is 30.7 Å². The molecule has 1 fully saturated rings. The van der Waals surface area contributed by atoms with Crippen molar-refractivity contribution in [2.75, 3.05) is 37.0 Å². The third kappa shape index (κ3) is 8.84. The molecule has 15 heteroatoms. The summed E-state index contributed by atoms with van der Waals surface area (Å²) in [6.45, 7) is 0.0381. The summed E-state index contributed by atoms with van der Waals surface area (Å²) in [5.41, 5.74) is 1.48. The van der Waals surface area contributed by atoms with Crippen molar-refractivity contribution in [2.24, 2.45) is 0 Å². The van der Waals surface area contributed by atoms with E-state index in [4.69, 9.17) is 14.2 Å². The molecule has 4 N–H and O–H groups in total. The fourth-order valence-corrected chi connectivity index (χ4v) is 4.52. The van der Waals surface area contributed by atoms with Crippen LogP contribution in [0.3, 0.4) is 0 Å². The normalized spacial score (nSPS) is 17.5. The van der Waals surface area contributed by atoms with E-state index in [1.807, 2.05) is 24.3 Å². The number of nitrogens with one attached hydrogen (secondary N) is 4. The minimum Gasteiger partial charge on any atom is -0.494 e. The fourth-order valence-electron chi connectivity index (χ4n) is 4.52. The molecule has 12 nitrogen and oxygen atoms in total. The van der Waals surface area contributed by atoms with Gasteiger partial charge >= 0.3 is 12.2 Å². The second kappa shape index (κ2) is 14.1. The first-order chi connectivity index (χ1) is 21.2. The Balaban J connectivity index is 1.42. The molecule has 6 bridgehead atoms. The number of anilines is 3. The zero-order valence-electron chi connectivity index (χ0n) is 23.7. The van der Waals surface area contributed by atoms with Crippen LogP contribution < -0.4 is 35.5 Å². The molecule has 1 saturated heterocycles. The Kier molecular flexibility index (Phi) is 9.82. The van der Waals surface area contributed by atoms with Crippen LogP contribution in [0.2, 0.25) is 0 Å². The minimum absolute atomic E-state index is 0.0202. The molecule has 1 atom stereocenters. The molecule has 0 aliphatic carbocycles. The number of rotatable bonds is 4. The number of alkyl halides is 3. The Bertz CT molecular complexity index is 1460. The third-order valence-corrected chi connectivity index (χ3v) is 6.76. The van der Waals surface area contributed by atoms with Gasteiger partial charge in [0.2, 0.25) is 17.8 Å². The molecule has 3 aromatic rings. The average molecular weight is 616 g/mol. The molecule has 0 radical (unpaired) electrons. The predicted octanol–water partition coefficient (Wildman–Crippen LogP) is 4.12. The molecule has 6 rings (SSSR count). The van der Waals surface area contributed by atoms with Crippen LogP contribution in [-0.2, 0) is 11.3 Å². The Morgan fingerprint density at radius 3 is 2.43 bits per heavy atom. The topological polar surface area (TPSA) is 149 Å². The van der Waals surface area contributed by atoms with E-state index in [2.05, 4.69) is 36.2 Å². The number of fused-ring (bicyclic) bond motifs is 10. The van der Waals surface area contributed by atoms with Crippen molar-refractivity contribution in [3.8, 4) is 17.5 Å². The lowest BCUT2D eigenvalue weighted by Crippen LogP contribution is -2.40. The number of carbonyl (C=O) groups is 2. The van der Waals surface area contributed by atoms with Gasteiger partial charge in [-0.25, -0.2) is 0 Å². The maximum Gasteiger partial charge on any atom is 0.422 e. The van der Waals surface area contributed by atoms with Gasteiger partial charge in [-0.05, 0) is 61.9 Å².